The highest BCUT2D eigenvalue weighted by molar-refractivity contribution is 7.89. The van der Waals surface area contributed by atoms with Crippen molar-refractivity contribution in [1.29, 1.82) is 0 Å². The molecule has 146 valence electrons. The van der Waals surface area contributed by atoms with Gasteiger partial charge in [-0.1, -0.05) is 13.0 Å². The highest BCUT2D eigenvalue weighted by Crippen LogP contribution is 2.29. The van der Waals surface area contributed by atoms with Crippen molar-refractivity contribution in [3.63, 3.8) is 0 Å². The summed E-state index contributed by atoms with van der Waals surface area (Å²) in [7, 11) is -3.47. The molecule has 1 aliphatic rings. The summed E-state index contributed by atoms with van der Waals surface area (Å²) in [5, 5.41) is 0. The van der Waals surface area contributed by atoms with E-state index in [-0.39, 0.29) is 5.92 Å². The smallest absolute Gasteiger partial charge is 0.243 e. The SMILES string of the molecule is CCCOCC1CCN(S(=O)(=O)c2ccc(-c3ccnc(C)c3)c(C)c2)C1. The molecule has 3 rings (SSSR count). The Kier molecular flexibility index (Phi) is 6.29. The van der Waals surface area contributed by atoms with Crippen LogP contribution in [0.1, 0.15) is 31.0 Å². The van der Waals surface area contributed by atoms with Crippen molar-refractivity contribution < 1.29 is 13.2 Å². The Morgan fingerprint density at radius 2 is 2.04 bits per heavy atom. The molecule has 0 spiro atoms. The molecule has 0 saturated carbocycles. The summed E-state index contributed by atoms with van der Waals surface area (Å²) in [5.41, 5.74) is 3.98. The molecule has 1 fully saturated rings. The number of hydrogen-bond acceptors (Lipinski definition) is 4. The second-order valence-corrected chi connectivity index (χ2v) is 9.19. The standard InChI is InChI=1S/C21H28N2O3S/c1-4-11-26-15-18-8-10-23(14-18)27(24,25)20-5-6-21(16(2)12-20)19-7-9-22-17(3)13-19/h5-7,9,12-13,18H,4,8,10-11,14-15H2,1-3H3. The van der Waals surface area contributed by atoms with Crippen molar-refractivity contribution in [3.8, 4) is 11.1 Å². The van der Waals surface area contributed by atoms with E-state index in [2.05, 4.69) is 11.9 Å². The van der Waals surface area contributed by atoms with Crippen molar-refractivity contribution in [2.75, 3.05) is 26.3 Å². The number of pyridine rings is 1. The van der Waals surface area contributed by atoms with Crippen molar-refractivity contribution in [2.24, 2.45) is 5.92 Å². The molecule has 6 heteroatoms. The van der Waals surface area contributed by atoms with E-state index in [1.807, 2.05) is 32.0 Å². The molecule has 1 aromatic carbocycles. The van der Waals surface area contributed by atoms with Gasteiger partial charge in [-0.3, -0.25) is 4.98 Å². The van der Waals surface area contributed by atoms with E-state index in [0.29, 0.717) is 24.6 Å². The van der Waals surface area contributed by atoms with E-state index < -0.39 is 10.0 Å². The Balaban J connectivity index is 1.77. The molecule has 0 bridgehead atoms. The fraction of sp³-hybridized carbons (Fsp3) is 0.476. The first-order valence-electron chi connectivity index (χ1n) is 9.53. The maximum Gasteiger partial charge on any atom is 0.243 e. The van der Waals surface area contributed by atoms with E-state index in [9.17, 15) is 8.42 Å². The van der Waals surface area contributed by atoms with Gasteiger partial charge < -0.3 is 4.74 Å². The number of aryl methyl sites for hydroxylation is 2. The molecular weight excluding hydrogens is 360 g/mol. The second-order valence-electron chi connectivity index (χ2n) is 7.26. The van der Waals surface area contributed by atoms with Crippen LogP contribution in [0.4, 0.5) is 0 Å². The number of benzene rings is 1. The number of rotatable bonds is 7. The molecule has 0 N–H and O–H groups in total. The summed E-state index contributed by atoms with van der Waals surface area (Å²) < 4.78 is 33.3. The molecule has 0 radical (unpaired) electrons. The van der Waals surface area contributed by atoms with Crippen LogP contribution in [0.15, 0.2) is 41.4 Å². The summed E-state index contributed by atoms with van der Waals surface area (Å²) in [6.45, 7) is 8.45. The normalized spacial score (nSPS) is 18.1. The van der Waals surface area contributed by atoms with Crippen LogP contribution >= 0.6 is 0 Å². The summed E-state index contributed by atoms with van der Waals surface area (Å²) in [6, 6.07) is 9.35. The van der Waals surface area contributed by atoms with Gasteiger partial charge in [0.15, 0.2) is 0 Å². The predicted molar refractivity (Wildman–Crippen MR) is 107 cm³/mol. The average Bonchev–Trinajstić information content (AvgIpc) is 3.11. The Bertz CT molecular complexity index is 896. The first-order chi connectivity index (χ1) is 12.9. The summed E-state index contributed by atoms with van der Waals surface area (Å²) >= 11 is 0. The van der Waals surface area contributed by atoms with Crippen LogP contribution in [0.5, 0.6) is 0 Å². The quantitative estimate of drug-likeness (QED) is 0.677. The van der Waals surface area contributed by atoms with Gasteiger partial charge in [0.25, 0.3) is 0 Å². The zero-order valence-corrected chi connectivity index (χ0v) is 17.1. The lowest BCUT2D eigenvalue weighted by molar-refractivity contribution is 0.104. The minimum absolute atomic E-state index is 0.284. The highest BCUT2D eigenvalue weighted by atomic mass is 32.2. The first kappa shape index (κ1) is 20.0. The van der Waals surface area contributed by atoms with Crippen LogP contribution in [-0.2, 0) is 14.8 Å². The van der Waals surface area contributed by atoms with E-state index >= 15 is 0 Å². The topological polar surface area (TPSA) is 59.5 Å². The van der Waals surface area contributed by atoms with Crippen LogP contribution in [0, 0.1) is 19.8 Å². The summed E-state index contributed by atoms with van der Waals surface area (Å²) in [5.74, 6) is 0.284. The van der Waals surface area contributed by atoms with E-state index in [1.54, 1.807) is 22.6 Å². The maximum absolute atomic E-state index is 13.0. The van der Waals surface area contributed by atoms with Gasteiger partial charge in [0.2, 0.25) is 10.0 Å². The van der Waals surface area contributed by atoms with E-state index in [0.717, 1.165) is 41.8 Å². The minimum Gasteiger partial charge on any atom is -0.381 e. The second kappa shape index (κ2) is 8.50. The lowest BCUT2D eigenvalue weighted by Crippen LogP contribution is -2.29. The summed E-state index contributed by atoms with van der Waals surface area (Å²) in [6.07, 6.45) is 3.62. The largest absolute Gasteiger partial charge is 0.381 e. The molecule has 5 nitrogen and oxygen atoms in total. The molecular formula is C21H28N2O3S. The van der Waals surface area contributed by atoms with Gasteiger partial charge in [0, 0.05) is 31.6 Å². The molecule has 0 aliphatic carbocycles. The number of hydrogen-bond donors (Lipinski definition) is 0. The van der Waals surface area contributed by atoms with E-state index in [4.69, 9.17) is 4.74 Å². The van der Waals surface area contributed by atoms with Gasteiger partial charge in [-0.25, -0.2) is 8.42 Å². The maximum atomic E-state index is 13.0. The number of ether oxygens (including phenoxy) is 1. The summed E-state index contributed by atoms with van der Waals surface area (Å²) in [4.78, 5) is 4.59. The van der Waals surface area contributed by atoms with Gasteiger partial charge in [-0.2, -0.15) is 4.31 Å². The average molecular weight is 389 g/mol. The van der Waals surface area contributed by atoms with Crippen LogP contribution in [-0.4, -0.2) is 44.0 Å². The van der Waals surface area contributed by atoms with Crippen molar-refractivity contribution >= 4 is 10.0 Å². The Labute approximate surface area is 162 Å². The fourth-order valence-electron chi connectivity index (χ4n) is 3.53. The molecule has 0 amide bonds. The highest BCUT2D eigenvalue weighted by Gasteiger charge is 2.32. The van der Waals surface area contributed by atoms with Gasteiger partial charge in [0.1, 0.15) is 0 Å². The van der Waals surface area contributed by atoms with Gasteiger partial charge in [-0.05, 0) is 73.6 Å². The molecule has 2 heterocycles. The molecule has 1 saturated heterocycles. The van der Waals surface area contributed by atoms with Crippen LogP contribution in [0.2, 0.25) is 0 Å². The van der Waals surface area contributed by atoms with Gasteiger partial charge in [0.05, 0.1) is 11.5 Å². The van der Waals surface area contributed by atoms with Crippen molar-refractivity contribution in [2.45, 2.75) is 38.5 Å². The predicted octanol–water partition coefficient (Wildman–Crippen LogP) is 3.80. The Hall–Kier alpha value is -1.76. The monoisotopic (exact) mass is 388 g/mol. The van der Waals surface area contributed by atoms with Crippen molar-refractivity contribution in [3.05, 3.63) is 47.8 Å². The van der Waals surface area contributed by atoms with Crippen LogP contribution in [0.3, 0.4) is 0 Å². The fourth-order valence-corrected chi connectivity index (χ4v) is 5.15. The molecule has 27 heavy (non-hydrogen) atoms. The lowest BCUT2D eigenvalue weighted by atomic mass is 10.0. The van der Waals surface area contributed by atoms with Gasteiger partial charge in [-0.15, -0.1) is 0 Å². The lowest BCUT2D eigenvalue weighted by Gasteiger charge is -2.18. The third-order valence-electron chi connectivity index (χ3n) is 4.99. The van der Waals surface area contributed by atoms with Crippen molar-refractivity contribution in [1.82, 2.24) is 9.29 Å². The van der Waals surface area contributed by atoms with Gasteiger partial charge >= 0.3 is 0 Å². The number of nitrogens with zero attached hydrogens (tertiary/aromatic N) is 2. The molecule has 1 unspecified atom stereocenters. The Morgan fingerprint density at radius 3 is 2.74 bits per heavy atom. The van der Waals surface area contributed by atoms with Crippen LogP contribution in [0.25, 0.3) is 11.1 Å². The molecule has 2 aromatic rings. The third kappa shape index (κ3) is 4.57. The first-order valence-corrected chi connectivity index (χ1v) is 11.0. The Morgan fingerprint density at radius 1 is 1.22 bits per heavy atom. The number of sulfonamides is 1. The number of aromatic nitrogens is 1. The zero-order chi connectivity index (χ0) is 19.4. The zero-order valence-electron chi connectivity index (χ0n) is 16.3. The molecule has 1 aliphatic heterocycles. The molecule has 1 atom stereocenters. The van der Waals surface area contributed by atoms with Crippen LogP contribution < -0.4 is 0 Å². The third-order valence-corrected chi connectivity index (χ3v) is 6.86. The van der Waals surface area contributed by atoms with E-state index in [1.165, 1.54) is 0 Å². The minimum atomic E-state index is -3.47. The molecule has 1 aromatic heterocycles.